The minimum atomic E-state index is -3.21. The molecule has 3 aromatic rings. The Morgan fingerprint density at radius 1 is 1.14 bits per heavy atom. The first-order chi connectivity index (χ1) is 16.8. The molecule has 1 N–H and O–H groups in total. The quantitative estimate of drug-likeness (QED) is 0.275. The van der Waals surface area contributed by atoms with Gasteiger partial charge in [0.05, 0.1) is 12.0 Å². The SMILES string of the molecule is Cc1cc(C(CC(c2ccc(C3C=CN(S(C)(=O)=O)CC3)cc2)c2ccccc2C)=NO)ccn1. The number of oxime groups is 1. The van der Waals surface area contributed by atoms with E-state index in [1.807, 2.05) is 37.3 Å². The molecule has 7 heteroatoms. The molecular weight excluding hydrogens is 458 g/mol. The topological polar surface area (TPSA) is 82.9 Å². The Morgan fingerprint density at radius 2 is 1.89 bits per heavy atom. The van der Waals surface area contributed by atoms with Crippen molar-refractivity contribution in [3.8, 4) is 0 Å². The number of sulfonamides is 1. The zero-order valence-corrected chi connectivity index (χ0v) is 21.1. The average Bonchev–Trinajstić information content (AvgIpc) is 2.85. The third-order valence-electron chi connectivity index (χ3n) is 6.65. The summed E-state index contributed by atoms with van der Waals surface area (Å²) >= 11 is 0. The number of aromatic nitrogens is 1. The van der Waals surface area contributed by atoms with Gasteiger partial charge in [-0.25, -0.2) is 8.42 Å². The van der Waals surface area contributed by atoms with Crippen LogP contribution in [0.3, 0.4) is 0 Å². The van der Waals surface area contributed by atoms with E-state index in [-0.39, 0.29) is 11.8 Å². The van der Waals surface area contributed by atoms with Crippen molar-refractivity contribution in [1.29, 1.82) is 0 Å². The average molecular weight is 490 g/mol. The highest BCUT2D eigenvalue weighted by molar-refractivity contribution is 7.88. The van der Waals surface area contributed by atoms with Crippen molar-refractivity contribution < 1.29 is 13.6 Å². The third kappa shape index (κ3) is 5.80. The van der Waals surface area contributed by atoms with Gasteiger partial charge in [-0.15, -0.1) is 0 Å². The Labute approximate surface area is 207 Å². The lowest BCUT2D eigenvalue weighted by Crippen LogP contribution is -2.29. The molecule has 0 bridgehead atoms. The molecule has 4 rings (SSSR count). The van der Waals surface area contributed by atoms with Gasteiger partial charge in [-0.2, -0.15) is 0 Å². The maximum atomic E-state index is 11.8. The fraction of sp³-hybridized carbons (Fsp3) is 0.286. The van der Waals surface area contributed by atoms with Gasteiger partial charge in [-0.1, -0.05) is 59.8 Å². The molecule has 0 saturated carbocycles. The lowest BCUT2D eigenvalue weighted by Gasteiger charge is -2.26. The van der Waals surface area contributed by atoms with Crippen LogP contribution in [0.4, 0.5) is 0 Å². The van der Waals surface area contributed by atoms with E-state index in [0.29, 0.717) is 18.7 Å². The van der Waals surface area contributed by atoms with Crippen LogP contribution in [0.2, 0.25) is 0 Å². The summed E-state index contributed by atoms with van der Waals surface area (Å²) in [4.78, 5) is 4.26. The highest BCUT2D eigenvalue weighted by Crippen LogP contribution is 2.34. The first-order valence-electron chi connectivity index (χ1n) is 11.7. The molecule has 1 aliphatic heterocycles. The molecule has 2 aromatic carbocycles. The standard InChI is InChI=1S/C28H31N3O3S/c1-20-6-4-5-7-26(20)27(19-28(30-32)25-12-15-29-21(2)18-25)24-10-8-22(9-11-24)23-13-16-31(17-14-23)35(3,33)34/h4-13,15-16,18,23,27,32H,14,17,19H2,1-3H3. The number of benzene rings is 2. The van der Waals surface area contributed by atoms with Crippen molar-refractivity contribution in [2.45, 2.75) is 38.5 Å². The maximum absolute atomic E-state index is 11.8. The van der Waals surface area contributed by atoms with Gasteiger partial charge in [0.1, 0.15) is 0 Å². The molecule has 0 amide bonds. The first-order valence-corrected chi connectivity index (χ1v) is 13.6. The van der Waals surface area contributed by atoms with Crippen LogP contribution in [0.5, 0.6) is 0 Å². The number of hydrogen-bond acceptors (Lipinski definition) is 5. The summed E-state index contributed by atoms with van der Waals surface area (Å²) < 4.78 is 25.0. The molecule has 0 radical (unpaired) electrons. The van der Waals surface area contributed by atoms with Crippen molar-refractivity contribution >= 4 is 15.7 Å². The molecule has 0 spiro atoms. The first kappa shape index (κ1) is 24.7. The largest absolute Gasteiger partial charge is 0.411 e. The Bertz CT molecular complexity index is 1350. The predicted molar refractivity (Wildman–Crippen MR) is 139 cm³/mol. The highest BCUT2D eigenvalue weighted by atomic mass is 32.2. The number of hydrogen-bond donors (Lipinski definition) is 1. The fourth-order valence-electron chi connectivity index (χ4n) is 4.69. The second kappa shape index (κ2) is 10.4. The fourth-order valence-corrected chi connectivity index (χ4v) is 5.42. The van der Waals surface area contributed by atoms with Crippen molar-refractivity contribution in [3.05, 3.63) is 113 Å². The van der Waals surface area contributed by atoms with Gasteiger partial charge in [-0.3, -0.25) is 9.29 Å². The molecule has 182 valence electrons. The number of rotatable bonds is 7. The van der Waals surface area contributed by atoms with Gasteiger partial charge < -0.3 is 5.21 Å². The zero-order chi connectivity index (χ0) is 25.0. The molecule has 0 fully saturated rings. The highest BCUT2D eigenvalue weighted by Gasteiger charge is 2.23. The van der Waals surface area contributed by atoms with Crippen LogP contribution in [0.15, 0.2) is 84.3 Å². The van der Waals surface area contributed by atoms with Crippen molar-refractivity contribution in [1.82, 2.24) is 9.29 Å². The maximum Gasteiger partial charge on any atom is 0.231 e. The minimum Gasteiger partial charge on any atom is -0.411 e. The summed E-state index contributed by atoms with van der Waals surface area (Å²) in [5.74, 6) is 0.181. The Kier molecular flexibility index (Phi) is 7.36. The van der Waals surface area contributed by atoms with Crippen LogP contribution in [0.25, 0.3) is 0 Å². The third-order valence-corrected chi connectivity index (χ3v) is 7.81. The van der Waals surface area contributed by atoms with Gasteiger partial charge in [0, 0.05) is 48.5 Å². The van der Waals surface area contributed by atoms with Crippen molar-refractivity contribution in [2.75, 3.05) is 12.8 Å². The van der Waals surface area contributed by atoms with Crippen molar-refractivity contribution in [3.63, 3.8) is 0 Å². The summed E-state index contributed by atoms with van der Waals surface area (Å²) in [6.07, 6.45) is 7.88. The smallest absolute Gasteiger partial charge is 0.231 e. The molecule has 1 aliphatic rings. The molecular formula is C28H31N3O3S. The molecule has 35 heavy (non-hydrogen) atoms. The second-order valence-corrected chi connectivity index (χ2v) is 11.1. The van der Waals surface area contributed by atoms with E-state index < -0.39 is 10.0 Å². The predicted octanol–water partition coefficient (Wildman–Crippen LogP) is 5.36. The minimum absolute atomic E-state index is 0.00671. The van der Waals surface area contributed by atoms with E-state index in [0.717, 1.165) is 28.8 Å². The van der Waals surface area contributed by atoms with Crippen molar-refractivity contribution in [2.24, 2.45) is 5.16 Å². The van der Waals surface area contributed by atoms with Gasteiger partial charge in [-0.05, 0) is 54.7 Å². The summed E-state index contributed by atoms with van der Waals surface area (Å²) in [5.41, 5.74) is 7.00. The Morgan fingerprint density at radius 3 is 2.49 bits per heavy atom. The van der Waals surface area contributed by atoms with Crippen LogP contribution in [0.1, 0.15) is 58.2 Å². The number of allylic oxidation sites excluding steroid dienone is 1. The number of aryl methyl sites for hydroxylation is 2. The summed E-state index contributed by atoms with van der Waals surface area (Å²) in [6, 6.07) is 20.6. The van der Waals surface area contributed by atoms with E-state index in [1.54, 1.807) is 12.4 Å². The van der Waals surface area contributed by atoms with E-state index >= 15 is 0 Å². The monoisotopic (exact) mass is 489 g/mol. The van der Waals surface area contributed by atoms with E-state index in [9.17, 15) is 13.6 Å². The molecule has 0 saturated heterocycles. The molecule has 2 unspecified atom stereocenters. The van der Waals surface area contributed by atoms with E-state index in [2.05, 4.69) is 53.5 Å². The van der Waals surface area contributed by atoms with Gasteiger partial charge in [0.15, 0.2) is 0 Å². The normalized spacial score (nSPS) is 17.4. The van der Waals surface area contributed by atoms with Crippen LogP contribution >= 0.6 is 0 Å². The molecule has 6 nitrogen and oxygen atoms in total. The summed E-state index contributed by atoms with van der Waals surface area (Å²) in [6.45, 7) is 4.50. The summed E-state index contributed by atoms with van der Waals surface area (Å²) in [5, 5.41) is 13.6. The van der Waals surface area contributed by atoms with Crippen LogP contribution < -0.4 is 0 Å². The van der Waals surface area contributed by atoms with Gasteiger partial charge >= 0.3 is 0 Å². The van der Waals surface area contributed by atoms with Gasteiger partial charge in [0.25, 0.3) is 0 Å². The Hall–Kier alpha value is -3.45. The zero-order valence-electron chi connectivity index (χ0n) is 20.3. The lowest BCUT2D eigenvalue weighted by atomic mass is 9.82. The number of pyridine rings is 1. The van der Waals surface area contributed by atoms with Crippen LogP contribution in [-0.2, 0) is 10.0 Å². The second-order valence-electron chi connectivity index (χ2n) is 9.12. The van der Waals surface area contributed by atoms with Gasteiger partial charge in [0.2, 0.25) is 10.0 Å². The summed E-state index contributed by atoms with van der Waals surface area (Å²) in [7, 11) is -3.21. The molecule has 0 aliphatic carbocycles. The van der Waals surface area contributed by atoms with E-state index in [4.69, 9.17) is 0 Å². The van der Waals surface area contributed by atoms with Crippen LogP contribution in [-0.4, -0.2) is 41.4 Å². The lowest BCUT2D eigenvalue weighted by molar-refractivity contribution is 0.317. The molecule has 1 aromatic heterocycles. The van der Waals surface area contributed by atoms with Crippen LogP contribution in [0, 0.1) is 13.8 Å². The molecule has 2 atom stereocenters. The Balaban J connectivity index is 1.64. The molecule has 2 heterocycles. The number of nitrogens with zero attached hydrogens (tertiary/aromatic N) is 3. The van der Waals surface area contributed by atoms with E-state index in [1.165, 1.54) is 21.7 Å².